The van der Waals surface area contributed by atoms with Gasteiger partial charge in [-0.1, -0.05) is 12.1 Å². The van der Waals surface area contributed by atoms with Crippen LogP contribution in [-0.2, 0) is 9.59 Å². The molecule has 1 aliphatic rings. The molecule has 1 N–H and O–H groups in total. The molecule has 0 bridgehead atoms. The fourth-order valence-electron chi connectivity index (χ4n) is 2.27. The zero-order valence-corrected chi connectivity index (χ0v) is 11.5. The smallest absolute Gasteiger partial charge is 0.229 e. The molecule has 1 aromatic rings. The van der Waals surface area contributed by atoms with E-state index in [9.17, 15) is 14.7 Å². The third kappa shape index (κ3) is 3.36. The predicted molar refractivity (Wildman–Crippen MR) is 73.1 cm³/mol. The van der Waals surface area contributed by atoms with Gasteiger partial charge in [-0.15, -0.1) is 0 Å². The molecule has 5 nitrogen and oxygen atoms in total. The van der Waals surface area contributed by atoms with Gasteiger partial charge in [0.1, 0.15) is 5.75 Å². The van der Waals surface area contributed by atoms with Crippen LogP contribution in [0.4, 0.5) is 0 Å². The molecule has 0 aromatic heterocycles. The van der Waals surface area contributed by atoms with Crippen LogP contribution in [-0.4, -0.2) is 35.5 Å². The van der Waals surface area contributed by atoms with Crippen molar-refractivity contribution in [2.24, 2.45) is 0 Å². The van der Waals surface area contributed by atoms with E-state index in [0.29, 0.717) is 24.2 Å². The molecule has 1 atom stereocenters. The summed E-state index contributed by atoms with van der Waals surface area (Å²) >= 11 is 0. The molecule has 1 heterocycles. The summed E-state index contributed by atoms with van der Waals surface area (Å²) < 4.78 is 5.05. The van der Waals surface area contributed by atoms with E-state index in [2.05, 4.69) is 0 Å². The number of benzene rings is 1. The predicted octanol–water partition coefficient (Wildman–Crippen LogP) is 1.66. The number of β-amino-alcohol motifs (C(OH)–C–C–N with tert-alkyl or cyclic N) is 1. The summed E-state index contributed by atoms with van der Waals surface area (Å²) in [5.74, 6) is 0.308. The molecule has 1 saturated heterocycles. The lowest BCUT2D eigenvalue weighted by Gasteiger charge is -2.22. The first-order valence-electron chi connectivity index (χ1n) is 6.77. The zero-order valence-electron chi connectivity index (χ0n) is 11.5. The van der Waals surface area contributed by atoms with Crippen LogP contribution in [0.25, 0.3) is 0 Å². The Hall–Kier alpha value is -1.88. The van der Waals surface area contributed by atoms with Gasteiger partial charge in [0.25, 0.3) is 0 Å². The second-order valence-electron chi connectivity index (χ2n) is 4.89. The van der Waals surface area contributed by atoms with E-state index < -0.39 is 6.10 Å². The third-order valence-corrected chi connectivity index (χ3v) is 3.49. The highest BCUT2D eigenvalue weighted by molar-refractivity contribution is 5.96. The van der Waals surface area contributed by atoms with Crippen LogP contribution in [0.2, 0.25) is 0 Å². The Labute approximate surface area is 118 Å². The van der Waals surface area contributed by atoms with E-state index in [-0.39, 0.29) is 18.4 Å². The first-order valence-corrected chi connectivity index (χ1v) is 6.77. The summed E-state index contributed by atoms with van der Waals surface area (Å²) in [6.07, 6.45) is 1.36. The Morgan fingerprint density at radius 3 is 2.20 bits per heavy atom. The topological polar surface area (TPSA) is 66.8 Å². The molecule has 2 amide bonds. The van der Waals surface area contributed by atoms with Crippen molar-refractivity contribution >= 4 is 11.8 Å². The van der Waals surface area contributed by atoms with Crippen molar-refractivity contribution in [3.05, 3.63) is 29.8 Å². The van der Waals surface area contributed by atoms with Gasteiger partial charge in [0.05, 0.1) is 19.8 Å². The lowest BCUT2D eigenvalue weighted by Crippen LogP contribution is -2.38. The fourth-order valence-corrected chi connectivity index (χ4v) is 2.27. The van der Waals surface area contributed by atoms with Crippen molar-refractivity contribution in [1.29, 1.82) is 0 Å². The number of amides is 2. The van der Waals surface area contributed by atoms with Gasteiger partial charge in [-0.25, -0.2) is 0 Å². The van der Waals surface area contributed by atoms with Gasteiger partial charge in [-0.2, -0.15) is 0 Å². The number of hydrogen-bond acceptors (Lipinski definition) is 4. The number of likely N-dealkylation sites (tertiary alicyclic amines) is 1. The maximum Gasteiger partial charge on any atom is 0.229 e. The summed E-state index contributed by atoms with van der Waals surface area (Å²) in [5, 5.41) is 10.2. The van der Waals surface area contributed by atoms with Crippen LogP contribution >= 0.6 is 0 Å². The quantitative estimate of drug-likeness (QED) is 0.850. The minimum Gasteiger partial charge on any atom is -0.497 e. The van der Waals surface area contributed by atoms with Crippen molar-refractivity contribution in [2.45, 2.75) is 31.8 Å². The number of methoxy groups -OCH3 is 1. The first-order chi connectivity index (χ1) is 9.61. The van der Waals surface area contributed by atoms with Crippen LogP contribution in [0.3, 0.4) is 0 Å². The average molecular weight is 277 g/mol. The molecule has 0 aliphatic carbocycles. The van der Waals surface area contributed by atoms with Gasteiger partial charge in [-0.05, 0) is 30.5 Å². The van der Waals surface area contributed by atoms with E-state index in [1.54, 1.807) is 31.4 Å². The highest BCUT2D eigenvalue weighted by Crippen LogP contribution is 2.21. The second kappa shape index (κ2) is 6.52. The molecular formula is C15H19NO4. The Morgan fingerprint density at radius 2 is 1.70 bits per heavy atom. The molecule has 5 heteroatoms. The summed E-state index contributed by atoms with van der Waals surface area (Å²) in [7, 11) is 1.57. The summed E-state index contributed by atoms with van der Waals surface area (Å²) in [4.78, 5) is 24.9. The molecule has 0 radical (unpaired) electrons. The number of aliphatic hydroxyl groups excluding tert-OH is 1. The van der Waals surface area contributed by atoms with Gasteiger partial charge < -0.3 is 9.84 Å². The molecule has 1 unspecified atom stereocenters. The molecule has 1 aromatic carbocycles. The number of hydrogen-bond donors (Lipinski definition) is 1. The third-order valence-electron chi connectivity index (χ3n) is 3.49. The highest BCUT2D eigenvalue weighted by atomic mass is 16.5. The van der Waals surface area contributed by atoms with Crippen molar-refractivity contribution in [3.63, 3.8) is 0 Å². The number of aliphatic hydroxyl groups is 1. The zero-order chi connectivity index (χ0) is 14.5. The van der Waals surface area contributed by atoms with Gasteiger partial charge in [-0.3, -0.25) is 14.5 Å². The van der Waals surface area contributed by atoms with Crippen molar-refractivity contribution in [1.82, 2.24) is 4.90 Å². The largest absolute Gasteiger partial charge is 0.497 e. The molecule has 0 spiro atoms. The number of carbonyl (C=O) groups excluding carboxylic acids is 2. The molecule has 1 aliphatic heterocycles. The maximum atomic E-state index is 11.9. The number of ether oxygens (including phenoxy) is 1. The summed E-state index contributed by atoms with van der Waals surface area (Å²) in [5.41, 5.74) is 0.663. The van der Waals surface area contributed by atoms with E-state index in [4.69, 9.17) is 4.74 Å². The molecule has 0 saturated carbocycles. The monoisotopic (exact) mass is 277 g/mol. The minimum absolute atomic E-state index is 0.0179. The number of carbonyl (C=O) groups is 2. The lowest BCUT2D eigenvalue weighted by molar-refractivity contribution is -0.145. The van der Waals surface area contributed by atoms with Crippen LogP contribution in [0.1, 0.15) is 37.4 Å². The number of nitrogens with zero attached hydrogens (tertiary/aromatic N) is 1. The van der Waals surface area contributed by atoms with Gasteiger partial charge in [0, 0.05) is 12.8 Å². The lowest BCUT2D eigenvalue weighted by atomic mass is 10.1. The van der Waals surface area contributed by atoms with Gasteiger partial charge in [0.2, 0.25) is 11.8 Å². The SMILES string of the molecule is COc1ccc(C(O)CN2C(=O)CCCCC2=O)cc1. The molecule has 1 fully saturated rings. The van der Waals surface area contributed by atoms with E-state index in [0.717, 1.165) is 12.8 Å². The number of imide groups is 1. The van der Waals surface area contributed by atoms with Crippen molar-refractivity contribution in [2.75, 3.05) is 13.7 Å². The Morgan fingerprint density at radius 1 is 1.15 bits per heavy atom. The van der Waals surface area contributed by atoms with Crippen molar-refractivity contribution < 1.29 is 19.4 Å². The first kappa shape index (κ1) is 14.5. The van der Waals surface area contributed by atoms with E-state index >= 15 is 0 Å². The normalized spacial score (nSPS) is 17.8. The van der Waals surface area contributed by atoms with Crippen LogP contribution in [0.5, 0.6) is 5.75 Å². The molecule has 2 rings (SSSR count). The maximum absolute atomic E-state index is 11.9. The van der Waals surface area contributed by atoms with Crippen LogP contribution in [0, 0.1) is 0 Å². The molecule has 108 valence electrons. The number of rotatable bonds is 4. The molecule has 20 heavy (non-hydrogen) atoms. The van der Waals surface area contributed by atoms with Crippen molar-refractivity contribution in [3.8, 4) is 5.75 Å². The minimum atomic E-state index is -0.869. The fraction of sp³-hybridized carbons (Fsp3) is 0.467. The standard InChI is InChI=1S/C15H19NO4/c1-20-12-8-6-11(7-9-12)13(17)10-16-14(18)4-2-3-5-15(16)19/h6-9,13,17H,2-5,10H2,1H3. The molecular weight excluding hydrogens is 258 g/mol. The Bertz CT molecular complexity index is 465. The van der Waals surface area contributed by atoms with Gasteiger partial charge in [0.15, 0.2) is 0 Å². The second-order valence-corrected chi connectivity index (χ2v) is 4.89. The Balaban J connectivity index is 2.06. The summed E-state index contributed by atoms with van der Waals surface area (Å²) in [6.45, 7) is 0.0179. The highest BCUT2D eigenvalue weighted by Gasteiger charge is 2.26. The van der Waals surface area contributed by atoms with Crippen LogP contribution < -0.4 is 4.74 Å². The van der Waals surface area contributed by atoms with Crippen LogP contribution in [0.15, 0.2) is 24.3 Å². The van der Waals surface area contributed by atoms with Gasteiger partial charge >= 0.3 is 0 Å². The Kier molecular flexibility index (Phi) is 4.74. The van der Waals surface area contributed by atoms with E-state index in [1.807, 2.05) is 0 Å². The average Bonchev–Trinajstić information content (AvgIpc) is 2.62. The van der Waals surface area contributed by atoms with E-state index in [1.165, 1.54) is 4.90 Å². The summed E-state index contributed by atoms with van der Waals surface area (Å²) in [6, 6.07) is 6.95.